The van der Waals surface area contributed by atoms with Crippen molar-refractivity contribution in [3.8, 4) is 0 Å². The molecule has 1 aromatic heterocycles. The summed E-state index contributed by atoms with van der Waals surface area (Å²) in [6.07, 6.45) is 0. The molecule has 0 aliphatic rings. The van der Waals surface area contributed by atoms with Crippen molar-refractivity contribution < 1.29 is 9.90 Å². The first-order valence-electron chi connectivity index (χ1n) is 4.30. The van der Waals surface area contributed by atoms with E-state index in [1.807, 2.05) is 29.5 Å². The van der Waals surface area contributed by atoms with Crippen LogP contribution in [0, 0.1) is 0 Å². The number of nitrogens with zero attached hydrogens (tertiary/aromatic N) is 1. The van der Waals surface area contributed by atoms with E-state index in [4.69, 9.17) is 5.11 Å². The Balaban J connectivity index is 2.55. The van der Waals surface area contributed by atoms with Crippen molar-refractivity contribution in [1.29, 1.82) is 0 Å². The van der Waals surface area contributed by atoms with Crippen LogP contribution in [0.2, 0.25) is 0 Å². The minimum atomic E-state index is -0.823. The number of carboxylic acids is 1. The van der Waals surface area contributed by atoms with Gasteiger partial charge in [-0.3, -0.25) is 4.79 Å². The van der Waals surface area contributed by atoms with Crippen molar-refractivity contribution in [1.82, 2.24) is 5.32 Å². The number of carbonyl (C=O) groups is 1. The van der Waals surface area contributed by atoms with E-state index in [-0.39, 0.29) is 0 Å². The lowest BCUT2D eigenvalue weighted by Gasteiger charge is -2.21. The zero-order valence-corrected chi connectivity index (χ0v) is 9.04. The fourth-order valence-electron chi connectivity index (χ4n) is 1.14. The van der Waals surface area contributed by atoms with Gasteiger partial charge in [0.25, 0.3) is 0 Å². The molecule has 0 spiro atoms. The summed E-state index contributed by atoms with van der Waals surface area (Å²) < 4.78 is 0. The number of carboxylic acid groups (broad SMARTS) is 1. The number of thiophene rings is 1. The highest BCUT2D eigenvalue weighted by Crippen LogP contribution is 2.19. The Morgan fingerprint density at radius 2 is 2.50 bits per heavy atom. The van der Waals surface area contributed by atoms with Gasteiger partial charge >= 0.3 is 5.97 Å². The van der Waals surface area contributed by atoms with Gasteiger partial charge in [-0.2, -0.15) is 0 Å². The number of rotatable bonds is 5. The number of anilines is 1. The molecular formula is C9H14N2O2S. The van der Waals surface area contributed by atoms with Crippen molar-refractivity contribution >= 4 is 22.3 Å². The Kier molecular flexibility index (Phi) is 3.91. The number of hydrogen-bond acceptors (Lipinski definition) is 4. The maximum Gasteiger partial charge on any atom is 0.322 e. The summed E-state index contributed by atoms with van der Waals surface area (Å²) >= 11 is 1.60. The molecule has 78 valence electrons. The molecule has 0 fully saturated rings. The zero-order valence-electron chi connectivity index (χ0n) is 8.23. The van der Waals surface area contributed by atoms with Gasteiger partial charge in [0.2, 0.25) is 0 Å². The Labute approximate surface area is 87.2 Å². The molecule has 1 aromatic rings. The van der Waals surface area contributed by atoms with Crippen molar-refractivity contribution in [2.75, 3.05) is 25.5 Å². The molecule has 14 heavy (non-hydrogen) atoms. The van der Waals surface area contributed by atoms with Gasteiger partial charge in [0.15, 0.2) is 0 Å². The molecule has 4 nitrogen and oxygen atoms in total. The highest BCUT2D eigenvalue weighted by atomic mass is 32.1. The third-order valence-corrected chi connectivity index (χ3v) is 2.97. The summed E-state index contributed by atoms with van der Waals surface area (Å²) in [5.74, 6) is -0.823. The number of likely N-dealkylation sites (N-methyl/N-ethyl adjacent to an activating group) is 2. The van der Waals surface area contributed by atoms with Gasteiger partial charge in [0.05, 0.1) is 5.00 Å². The minimum absolute atomic E-state index is 0.465. The van der Waals surface area contributed by atoms with Crippen LogP contribution in [0.3, 0.4) is 0 Å². The fraction of sp³-hybridized carbons (Fsp3) is 0.444. The third-order valence-electron chi connectivity index (χ3n) is 1.99. The quantitative estimate of drug-likeness (QED) is 0.763. The third kappa shape index (κ3) is 2.71. The Bertz CT molecular complexity index is 287. The van der Waals surface area contributed by atoms with E-state index < -0.39 is 12.0 Å². The molecule has 0 bridgehead atoms. The van der Waals surface area contributed by atoms with Gasteiger partial charge in [-0.1, -0.05) is 0 Å². The smallest absolute Gasteiger partial charge is 0.322 e. The van der Waals surface area contributed by atoms with Gasteiger partial charge < -0.3 is 15.3 Å². The molecule has 1 heterocycles. The second kappa shape index (κ2) is 4.97. The molecule has 0 saturated carbocycles. The van der Waals surface area contributed by atoms with E-state index in [1.165, 1.54) is 0 Å². The van der Waals surface area contributed by atoms with Crippen molar-refractivity contribution in [2.24, 2.45) is 0 Å². The van der Waals surface area contributed by atoms with Crippen LogP contribution in [0.1, 0.15) is 0 Å². The van der Waals surface area contributed by atoms with Crippen molar-refractivity contribution in [2.45, 2.75) is 6.04 Å². The molecule has 0 aromatic carbocycles. The van der Waals surface area contributed by atoms with Gasteiger partial charge in [0.1, 0.15) is 6.04 Å². The molecule has 0 amide bonds. The fourth-order valence-corrected chi connectivity index (χ4v) is 1.85. The Hall–Kier alpha value is -1.07. The molecule has 0 radical (unpaired) electrons. The summed E-state index contributed by atoms with van der Waals surface area (Å²) in [5.41, 5.74) is 0. The predicted molar refractivity (Wildman–Crippen MR) is 58.1 cm³/mol. The van der Waals surface area contributed by atoms with Crippen molar-refractivity contribution in [3.63, 3.8) is 0 Å². The topological polar surface area (TPSA) is 52.6 Å². The molecule has 0 saturated heterocycles. The summed E-state index contributed by atoms with van der Waals surface area (Å²) in [6, 6.07) is 3.40. The van der Waals surface area contributed by atoms with Crippen LogP contribution in [-0.4, -0.2) is 37.8 Å². The molecule has 0 aliphatic heterocycles. The number of aliphatic carboxylic acids is 1. The zero-order chi connectivity index (χ0) is 10.6. The monoisotopic (exact) mass is 214 g/mol. The average Bonchev–Trinajstić information content (AvgIpc) is 2.65. The maximum absolute atomic E-state index is 10.7. The van der Waals surface area contributed by atoms with Crippen molar-refractivity contribution in [3.05, 3.63) is 17.5 Å². The molecule has 0 aliphatic carbocycles. The normalized spacial score (nSPS) is 12.4. The first-order valence-corrected chi connectivity index (χ1v) is 5.18. The van der Waals surface area contributed by atoms with Crippen LogP contribution in [0.5, 0.6) is 0 Å². The van der Waals surface area contributed by atoms with E-state index in [0.29, 0.717) is 6.54 Å². The van der Waals surface area contributed by atoms with Gasteiger partial charge in [-0.15, -0.1) is 11.3 Å². The molecule has 1 unspecified atom stereocenters. The van der Waals surface area contributed by atoms with E-state index in [0.717, 1.165) is 5.00 Å². The largest absolute Gasteiger partial charge is 0.480 e. The van der Waals surface area contributed by atoms with Crippen LogP contribution in [-0.2, 0) is 4.79 Å². The summed E-state index contributed by atoms with van der Waals surface area (Å²) in [7, 11) is 3.54. The Morgan fingerprint density at radius 3 is 2.93 bits per heavy atom. The van der Waals surface area contributed by atoms with Gasteiger partial charge in [-0.05, 0) is 24.6 Å². The molecule has 2 N–H and O–H groups in total. The molecule has 1 atom stereocenters. The first-order chi connectivity index (χ1) is 6.65. The summed E-state index contributed by atoms with van der Waals surface area (Å²) in [5, 5.41) is 14.6. The lowest BCUT2D eigenvalue weighted by molar-refractivity contribution is -0.139. The number of hydrogen-bond donors (Lipinski definition) is 2. The Morgan fingerprint density at radius 1 is 1.79 bits per heavy atom. The minimum Gasteiger partial charge on any atom is -0.480 e. The second-order valence-corrected chi connectivity index (χ2v) is 3.94. The molecule has 5 heteroatoms. The van der Waals surface area contributed by atoms with E-state index in [1.54, 1.807) is 18.4 Å². The highest BCUT2D eigenvalue weighted by Gasteiger charge is 2.17. The number of nitrogens with one attached hydrogen (secondary N) is 1. The van der Waals surface area contributed by atoms with E-state index in [9.17, 15) is 4.79 Å². The van der Waals surface area contributed by atoms with Crippen LogP contribution < -0.4 is 10.2 Å². The lowest BCUT2D eigenvalue weighted by atomic mass is 10.3. The molecular weight excluding hydrogens is 200 g/mol. The van der Waals surface area contributed by atoms with E-state index >= 15 is 0 Å². The average molecular weight is 214 g/mol. The van der Waals surface area contributed by atoms with Gasteiger partial charge in [0, 0.05) is 13.6 Å². The van der Waals surface area contributed by atoms with Gasteiger partial charge in [-0.25, -0.2) is 0 Å². The van der Waals surface area contributed by atoms with Crippen LogP contribution in [0.15, 0.2) is 17.5 Å². The van der Waals surface area contributed by atoms with E-state index in [2.05, 4.69) is 5.32 Å². The second-order valence-electron chi connectivity index (χ2n) is 3.01. The maximum atomic E-state index is 10.7. The standard InChI is InChI=1S/C9H14N2O2S/c1-10-7(9(12)13)6-11(2)8-4-3-5-14-8/h3-5,7,10H,6H2,1-2H3,(H,12,13). The lowest BCUT2D eigenvalue weighted by Crippen LogP contribution is -2.43. The van der Waals surface area contributed by atoms with Crippen LogP contribution in [0.4, 0.5) is 5.00 Å². The first kappa shape index (κ1) is 11.0. The van der Waals surface area contributed by atoms with Crippen LogP contribution >= 0.6 is 11.3 Å². The molecule has 1 rings (SSSR count). The summed E-state index contributed by atoms with van der Waals surface area (Å²) in [4.78, 5) is 12.7. The SMILES string of the molecule is CNC(CN(C)c1cccs1)C(=O)O. The summed E-state index contributed by atoms with van der Waals surface area (Å²) in [6.45, 7) is 0.465. The highest BCUT2D eigenvalue weighted by molar-refractivity contribution is 7.14. The van der Waals surface area contributed by atoms with Crippen LogP contribution in [0.25, 0.3) is 0 Å². The predicted octanol–water partition coefficient (Wildman–Crippen LogP) is 0.857.